The number of halogens is 1. The molecule has 1 rings (SSSR count). The van der Waals surface area contributed by atoms with Crippen molar-refractivity contribution >= 4 is 11.6 Å². The summed E-state index contributed by atoms with van der Waals surface area (Å²) in [5.74, 6) is 0.326. The van der Waals surface area contributed by atoms with Crippen molar-refractivity contribution in [1.82, 2.24) is 4.98 Å². The summed E-state index contributed by atoms with van der Waals surface area (Å²) in [5, 5.41) is 0.138. The molecule has 0 aliphatic rings. The van der Waals surface area contributed by atoms with Crippen molar-refractivity contribution in [2.45, 2.75) is 32.1 Å². The van der Waals surface area contributed by atoms with Crippen molar-refractivity contribution in [2.24, 2.45) is 0 Å². The summed E-state index contributed by atoms with van der Waals surface area (Å²) in [6.45, 7) is 6.16. The zero-order valence-electron chi connectivity index (χ0n) is 7.71. The van der Waals surface area contributed by atoms with Crippen LogP contribution in [0, 0.1) is 6.92 Å². The van der Waals surface area contributed by atoms with Gasteiger partial charge in [-0.3, -0.25) is 4.98 Å². The third-order valence-electron chi connectivity index (χ3n) is 2.09. The molecule has 0 saturated heterocycles. The maximum Gasteiger partial charge on any atom is 0.0448 e. The number of aromatic nitrogens is 1. The minimum absolute atomic E-state index is 0.138. The van der Waals surface area contributed by atoms with Crippen molar-refractivity contribution in [3.63, 3.8) is 0 Å². The Morgan fingerprint density at radius 1 is 1.42 bits per heavy atom. The van der Waals surface area contributed by atoms with Crippen LogP contribution in [0.1, 0.15) is 31.0 Å². The molecule has 0 saturated carbocycles. The quantitative estimate of drug-likeness (QED) is 0.642. The Morgan fingerprint density at radius 2 is 2.08 bits per heavy atom. The molecule has 66 valence electrons. The molecule has 2 atom stereocenters. The van der Waals surface area contributed by atoms with E-state index >= 15 is 0 Å². The molecule has 2 heteroatoms. The normalized spacial score (nSPS) is 15.7. The van der Waals surface area contributed by atoms with Gasteiger partial charge in [0.1, 0.15) is 0 Å². The smallest absolute Gasteiger partial charge is 0.0448 e. The molecule has 0 N–H and O–H groups in total. The second-order valence-corrected chi connectivity index (χ2v) is 3.91. The van der Waals surface area contributed by atoms with Crippen molar-refractivity contribution in [3.8, 4) is 0 Å². The lowest BCUT2D eigenvalue weighted by Crippen LogP contribution is -2.06. The van der Waals surface area contributed by atoms with Crippen LogP contribution in [-0.4, -0.2) is 10.4 Å². The average Bonchev–Trinajstić information content (AvgIpc) is 2.03. The van der Waals surface area contributed by atoms with Crippen LogP contribution < -0.4 is 0 Å². The van der Waals surface area contributed by atoms with Crippen molar-refractivity contribution < 1.29 is 0 Å². The lowest BCUT2D eigenvalue weighted by Gasteiger charge is -2.12. The van der Waals surface area contributed by atoms with E-state index < -0.39 is 0 Å². The van der Waals surface area contributed by atoms with Crippen LogP contribution in [0.15, 0.2) is 18.3 Å². The summed E-state index contributed by atoms with van der Waals surface area (Å²) in [6, 6.07) is 4.08. The number of hydrogen-bond donors (Lipinski definition) is 0. The van der Waals surface area contributed by atoms with Crippen LogP contribution in [-0.2, 0) is 0 Å². The zero-order valence-corrected chi connectivity index (χ0v) is 8.47. The number of alkyl halides is 1. The highest BCUT2D eigenvalue weighted by atomic mass is 35.5. The summed E-state index contributed by atoms with van der Waals surface area (Å²) in [5.41, 5.74) is 2.32. The van der Waals surface area contributed by atoms with Crippen LogP contribution in [0.3, 0.4) is 0 Å². The Hall–Kier alpha value is -0.560. The standard InChI is InChI=1S/C10H14ClN/c1-7-4-5-12-10(6-7)8(2)9(3)11/h4-6,8-9H,1-3H3. The van der Waals surface area contributed by atoms with Gasteiger partial charge in [0.05, 0.1) is 0 Å². The summed E-state index contributed by atoms with van der Waals surface area (Å²) in [6.07, 6.45) is 1.83. The molecule has 0 fully saturated rings. The molecule has 1 heterocycles. The predicted molar refractivity (Wildman–Crippen MR) is 52.7 cm³/mol. The van der Waals surface area contributed by atoms with Crippen LogP contribution in [0.4, 0.5) is 0 Å². The topological polar surface area (TPSA) is 12.9 Å². The molecule has 1 aromatic rings. The third kappa shape index (κ3) is 2.21. The highest BCUT2D eigenvalue weighted by Crippen LogP contribution is 2.21. The molecule has 0 radical (unpaired) electrons. The first-order valence-corrected chi connectivity index (χ1v) is 4.61. The van der Waals surface area contributed by atoms with Gasteiger partial charge in [-0.05, 0) is 31.5 Å². The number of hydrogen-bond acceptors (Lipinski definition) is 1. The minimum atomic E-state index is 0.138. The summed E-state index contributed by atoms with van der Waals surface area (Å²) >= 11 is 5.98. The monoisotopic (exact) mass is 183 g/mol. The van der Waals surface area contributed by atoms with Crippen LogP contribution in [0.5, 0.6) is 0 Å². The molecule has 0 spiro atoms. The summed E-state index contributed by atoms with van der Waals surface area (Å²) in [4.78, 5) is 4.28. The minimum Gasteiger partial charge on any atom is -0.261 e. The van der Waals surface area contributed by atoms with E-state index in [4.69, 9.17) is 11.6 Å². The SMILES string of the molecule is Cc1ccnc(C(C)C(C)Cl)c1. The van der Waals surface area contributed by atoms with Crippen molar-refractivity contribution in [1.29, 1.82) is 0 Å². The third-order valence-corrected chi connectivity index (χ3v) is 2.47. The van der Waals surface area contributed by atoms with E-state index in [0.717, 1.165) is 5.69 Å². The summed E-state index contributed by atoms with van der Waals surface area (Å²) in [7, 11) is 0. The zero-order chi connectivity index (χ0) is 9.14. The second kappa shape index (κ2) is 3.90. The van der Waals surface area contributed by atoms with Gasteiger partial charge in [0, 0.05) is 23.2 Å². The number of aryl methyl sites for hydroxylation is 1. The van der Waals surface area contributed by atoms with E-state index in [1.807, 2.05) is 19.2 Å². The Labute approximate surface area is 78.8 Å². The Kier molecular flexibility index (Phi) is 3.10. The number of rotatable bonds is 2. The first-order valence-electron chi connectivity index (χ1n) is 4.18. The van der Waals surface area contributed by atoms with Gasteiger partial charge in [-0.15, -0.1) is 11.6 Å². The van der Waals surface area contributed by atoms with E-state index in [9.17, 15) is 0 Å². The number of nitrogens with zero attached hydrogens (tertiary/aromatic N) is 1. The van der Waals surface area contributed by atoms with E-state index in [2.05, 4.69) is 24.9 Å². The maximum atomic E-state index is 5.98. The Morgan fingerprint density at radius 3 is 2.58 bits per heavy atom. The fourth-order valence-corrected chi connectivity index (χ4v) is 1.17. The molecule has 12 heavy (non-hydrogen) atoms. The molecular weight excluding hydrogens is 170 g/mol. The molecule has 1 nitrogen and oxygen atoms in total. The van der Waals surface area contributed by atoms with Gasteiger partial charge in [0.15, 0.2) is 0 Å². The molecule has 0 bridgehead atoms. The fourth-order valence-electron chi connectivity index (χ4n) is 1.04. The van der Waals surface area contributed by atoms with Gasteiger partial charge in [-0.2, -0.15) is 0 Å². The maximum absolute atomic E-state index is 5.98. The Bertz CT molecular complexity index is 258. The van der Waals surface area contributed by atoms with Crippen molar-refractivity contribution in [2.75, 3.05) is 0 Å². The van der Waals surface area contributed by atoms with E-state index in [0.29, 0.717) is 5.92 Å². The fraction of sp³-hybridized carbons (Fsp3) is 0.500. The first kappa shape index (κ1) is 9.53. The average molecular weight is 184 g/mol. The first-order chi connectivity index (χ1) is 5.61. The highest BCUT2D eigenvalue weighted by molar-refractivity contribution is 6.20. The lowest BCUT2D eigenvalue weighted by atomic mass is 10.0. The molecule has 0 aliphatic heterocycles. The summed E-state index contributed by atoms with van der Waals surface area (Å²) < 4.78 is 0. The molecular formula is C10H14ClN. The molecule has 0 aromatic carbocycles. The largest absolute Gasteiger partial charge is 0.261 e. The highest BCUT2D eigenvalue weighted by Gasteiger charge is 2.12. The van der Waals surface area contributed by atoms with Gasteiger partial charge in [0.2, 0.25) is 0 Å². The number of pyridine rings is 1. The van der Waals surface area contributed by atoms with Gasteiger partial charge in [-0.1, -0.05) is 6.92 Å². The van der Waals surface area contributed by atoms with E-state index in [1.165, 1.54) is 5.56 Å². The van der Waals surface area contributed by atoms with Crippen LogP contribution in [0.25, 0.3) is 0 Å². The van der Waals surface area contributed by atoms with Gasteiger partial charge < -0.3 is 0 Å². The molecule has 0 amide bonds. The Balaban J connectivity index is 2.88. The molecule has 1 aromatic heterocycles. The van der Waals surface area contributed by atoms with Gasteiger partial charge in [0.25, 0.3) is 0 Å². The second-order valence-electron chi connectivity index (χ2n) is 3.22. The van der Waals surface area contributed by atoms with Crippen molar-refractivity contribution in [3.05, 3.63) is 29.6 Å². The van der Waals surface area contributed by atoms with E-state index in [1.54, 1.807) is 0 Å². The predicted octanol–water partition coefficient (Wildman–Crippen LogP) is 3.12. The lowest BCUT2D eigenvalue weighted by molar-refractivity contribution is 0.715. The van der Waals surface area contributed by atoms with Gasteiger partial charge in [-0.25, -0.2) is 0 Å². The molecule has 0 aliphatic carbocycles. The van der Waals surface area contributed by atoms with Crippen LogP contribution in [0.2, 0.25) is 0 Å². The van der Waals surface area contributed by atoms with Crippen LogP contribution >= 0.6 is 11.6 Å². The van der Waals surface area contributed by atoms with Gasteiger partial charge >= 0.3 is 0 Å². The van der Waals surface area contributed by atoms with E-state index in [-0.39, 0.29) is 5.38 Å². The molecule has 2 unspecified atom stereocenters.